The number of carbonyl (C=O) groups is 1. The Balaban J connectivity index is 2.52. The van der Waals surface area contributed by atoms with Gasteiger partial charge in [-0.2, -0.15) is 0 Å². The Kier molecular flexibility index (Phi) is 5.08. The summed E-state index contributed by atoms with van der Waals surface area (Å²) in [7, 11) is 0. The second-order valence-corrected chi connectivity index (χ2v) is 3.85. The van der Waals surface area contributed by atoms with Gasteiger partial charge in [-0.3, -0.25) is 0 Å². The van der Waals surface area contributed by atoms with Crippen molar-refractivity contribution in [2.24, 2.45) is 0 Å². The first-order valence-electron chi connectivity index (χ1n) is 5.05. The maximum Gasteiger partial charge on any atom is 0.319 e. The molecule has 0 bridgehead atoms. The third-order valence-corrected chi connectivity index (χ3v) is 2.30. The highest BCUT2D eigenvalue weighted by atomic mass is 35.5. The van der Waals surface area contributed by atoms with Crippen LogP contribution < -0.4 is 10.6 Å². The molecule has 88 valence electrons. The topological polar surface area (TPSA) is 61.4 Å². The number of hydrogen-bond donors (Lipinski definition) is 3. The number of rotatable bonds is 4. The monoisotopic (exact) mass is 242 g/mol. The molecule has 0 saturated carbocycles. The highest BCUT2D eigenvalue weighted by Gasteiger charge is 2.04. The predicted octanol–water partition coefficient (Wildman–Crippen LogP) is 2.15. The molecule has 0 radical (unpaired) electrons. The van der Waals surface area contributed by atoms with E-state index < -0.39 is 0 Å². The van der Waals surface area contributed by atoms with Crippen LogP contribution in [-0.2, 0) is 0 Å². The molecule has 0 aliphatic heterocycles. The standard InChI is InChI=1S/C11H15ClN2O2/c1-8-3-4-9(12)7-10(8)14-11(16)13-5-2-6-15/h3-4,7,15H,2,5-6H2,1H3,(H2,13,14,16). The number of aliphatic hydroxyl groups is 1. The summed E-state index contributed by atoms with van der Waals surface area (Å²) in [4.78, 5) is 11.4. The smallest absolute Gasteiger partial charge is 0.319 e. The molecule has 2 amide bonds. The van der Waals surface area contributed by atoms with Gasteiger partial charge in [0.2, 0.25) is 0 Å². The van der Waals surface area contributed by atoms with Gasteiger partial charge in [0.25, 0.3) is 0 Å². The zero-order valence-electron chi connectivity index (χ0n) is 9.09. The molecule has 0 atom stereocenters. The summed E-state index contributed by atoms with van der Waals surface area (Å²) in [6.45, 7) is 2.40. The van der Waals surface area contributed by atoms with Crippen molar-refractivity contribution in [2.45, 2.75) is 13.3 Å². The van der Waals surface area contributed by atoms with Crippen LogP contribution in [0.4, 0.5) is 10.5 Å². The van der Waals surface area contributed by atoms with E-state index in [2.05, 4.69) is 10.6 Å². The third kappa shape index (κ3) is 4.08. The minimum Gasteiger partial charge on any atom is -0.396 e. The number of carbonyl (C=O) groups excluding carboxylic acids is 1. The van der Waals surface area contributed by atoms with Crippen molar-refractivity contribution in [1.82, 2.24) is 5.32 Å². The molecule has 5 heteroatoms. The molecule has 16 heavy (non-hydrogen) atoms. The number of hydrogen-bond acceptors (Lipinski definition) is 2. The van der Waals surface area contributed by atoms with Gasteiger partial charge < -0.3 is 15.7 Å². The van der Waals surface area contributed by atoms with Crippen molar-refractivity contribution in [3.63, 3.8) is 0 Å². The minimum absolute atomic E-state index is 0.0659. The predicted molar refractivity (Wildman–Crippen MR) is 64.9 cm³/mol. The number of aryl methyl sites for hydroxylation is 1. The Hall–Kier alpha value is -1.26. The molecule has 0 aromatic heterocycles. The number of benzene rings is 1. The number of amides is 2. The summed E-state index contributed by atoms with van der Waals surface area (Å²) in [6.07, 6.45) is 0.544. The Morgan fingerprint density at radius 2 is 2.25 bits per heavy atom. The summed E-state index contributed by atoms with van der Waals surface area (Å²) >= 11 is 5.82. The molecule has 0 saturated heterocycles. The van der Waals surface area contributed by atoms with Crippen LogP contribution in [0, 0.1) is 6.92 Å². The molecule has 1 aromatic rings. The van der Waals surface area contributed by atoms with Crippen LogP contribution >= 0.6 is 11.6 Å². The summed E-state index contributed by atoms with van der Waals surface area (Å²) in [5.74, 6) is 0. The zero-order valence-corrected chi connectivity index (χ0v) is 9.84. The van der Waals surface area contributed by atoms with E-state index in [4.69, 9.17) is 16.7 Å². The average molecular weight is 243 g/mol. The van der Waals surface area contributed by atoms with E-state index in [9.17, 15) is 4.79 Å². The molecule has 0 heterocycles. The largest absolute Gasteiger partial charge is 0.396 e. The van der Waals surface area contributed by atoms with Crippen molar-refractivity contribution >= 4 is 23.3 Å². The number of aliphatic hydroxyl groups excluding tert-OH is 1. The fourth-order valence-electron chi connectivity index (χ4n) is 1.18. The first kappa shape index (κ1) is 12.8. The second-order valence-electron chi connectivity index (χ2n) is 3.42. The van der Waals surface area contributed by atoms with Gasteiger partial charge in [0.05, 0.1) is 0 Å². The van der Waals surface area contributed by atoms with Gasteiger partial charge in [0, 0.05) is 23.9 Å². The molecule has 0 unspecified atom stereocenters. The van der Waals surface area contributed by atoms with Crippen molar-refractivity contribution in [3.05, 3.63) is 28.8 Å². The Labute approximate surface area is 99.6 Å². The molecule has 0 aliphatic rings. The summed E-state index contributed by atoms with van der Waals surface area (Å²) in [6, 6.07) is 5.01. The molecular weight excluding hydrogens is 228 g/mol. The number of nitrogens with one attached hydrogen (secondary N) is 2. The molecule has 1 aromatic carbocycles. The van der Waals surface area contributed by atoms with E-state index in [0.29, 0.717) is 23.7 Å². The van der Waals surface area contributed by atoms with Gasteiger partial charge in [0.15, 0.2) is 0 Å². The van der Waals surface area contributed by atoms with Crippen LogP contribution in [0.5, 0.6) is 0 Å². The molecule has 0 spiro atoms. The molecule has 3 N–H and O–H groups in total. The fourth-order valence-corrected chi connectivity index (χ4v) is 1.35. The van der Waals surface area contributed by atoms with Gasteiger partial charge >= 0.3 is 6.03 Å². The third-order valence-electron chi connectivity index (χ3n) is 2.07. The Morgan fingerprint density at radius 3 is 2.94 bits per heavy atom. The van der Waals surface area contributed by atoms with E-state index >= 15 is 0 Å². The lowest BCUT2D eigenvalue weighted by atomic mass is 10.2. The zero-order chi connectivity index (χ0) is 12.0. The molecule has 0 aliphatic carbocycles. The number of anilines is 1. The van der Waals surface area contributed by atoms with Crippen molar-refractivity contribution < 1.29 is 9.90 Å². The maximum absolute atomic E-state index is 11.4. The van der Waals surface area contributed by atoms with Crippen molar-refractivity contribution in [3.8, 4) is 0 Å². The van der Waals surface area contributed by atoms with Crippen molar-refractivity contribution in [1.29, 1.82) is 0 Å². The van der Waals surface area contributed by atoms with Crippen LogP contribution in [0.15, 0.2) is 18.2 Å². The van der Waals surface area contributed by atoms with Gasteiger partial charge in [-0.15, -0.1) is 0 Å². The Morgan fingerprint density at radius 1 is 1.50 bits per heavy atom. The maximum atomic E-state index is 11.4. The summed E-state index contributed by atoms with van der Waals surface area (Å²) in [5.41, 5.74) is 1.63. The lowest BCUT2D eigenvalue weighted by Gasteiger charge is -2.09. The average Bonchev–Trinajstić information content (AvgIpc) is 2.24. The number of urea groups is 1. The lowest BCUT2D eigenvalue weighted by Crippen LogP contribution is -2.30. The van der Waals surface area contributed by atoms with Crippen molar-refractivity contribution in [2.75, 3.05) is 18.5 Å². The normalized spacial score (nSPS) is 9.94. The molecule has 0 fully saturated rings. The first-order valence-corrected chi connectivity index (χ1v) is 5.43. The van der Waals surface area contributed by atoms with Crippen LogP contribution in [0.25, 0.3) is 0 Å². The fraction of sp³-hybridized carbons (Fsp3) is 0.364. The SMILES string of the molecule is Cc1ccc(Cl)cc1NC(=O)NCCCO. The summed E-state index contributed by atoms with van der Waals surface area (Å²) in [5, 5.41) is 14.5. The van der Waals surface area contributed by atoms with Gasteiger partial charge in [-0.25, -0.2) is 4.79 Å². The number of halogens is 1. The summed E-state index contributed by atoms with van der Waals surface area (Å²) < 4.78 is 0. The minimum atomic E-state index is -0.293. The van der Waals surface area contributed by atoms with E-state index in [-0.39, 0.29) is 12.6 Å². The molecule has 1 rings (SSSR count). The van der Waals surface area contributed by atoms with E-state index in [1.54, 1.807) is 12.1 Å². The van der Waals surface area contributed by atoms with Crippen LogP contribution in [0.3, 0.4) is 0 Å². The molecule has 4 nitrogen and oxygen atoms in total. The van der Waals surface area contributed by atoms with E-state index in [1.807, 2.05) is 13.0 Å². The second kappa shape index (κ2) is 6.35. The van der Waals surface area contributed by atoms with Crippen LogP contribution in [-0.4, -0.2) is 24.3 Å². The first-order chi connectivity index (χ1) is 7.63. The van der Waals surface area contributed by atoms with Crippen LogP contribution in [0.2, 0.25) is 5.02 Å². The quantitative estimate of drug-likeness (QED) is 0.709. The van der Waals surface area contributed by atoms with Crippen LogP contribution in [0.1, 0.15) is 12.0 Å². The van der Waals surface area contributed by atoms with E-state index in [0.717, 1.165) is 5.56 Å². The highest BCUT2D eigenvalue weighted by molar-refractivity contribution is 6.31. The van der Waals surface area contributed by atoms with E-state index in [1.165, 1.54) is 0 Å². The van der Waals surface area contributed by atoms with Gasteiger partial charge in [-0.1, -0.05) is 17.7 Å². The highest BCUT2D eigenvalue weighted by Crippen LogP contribution is 2.19. The Bertz CT molecular complexity index is 369. The molecular formula is C11H15ClN2O2. The lowest BCUT2D eigenvalue weighted by molar-refractivity contribution is 0.249. The van der Waals surface area contributed by atoms with Gasteiger partial charge in [-0.05, 0) is 31.0 Å². The van der Waals surface area contributed by atoms with Gasteiger partial charge in [0.1, 0.15) is 0 Å².